The minimum Gasteiger partial charge on any atom is -0.368 e. The van der Waals surface area contributed by atoms with Gasteiger partial charge in [0.05, 0.1) is 23.4 Å². The van der Waals surface area contributed by atoms with E-state index < -0.39 is 0 Å². The van der Waals surface area contributed by atoms with Gasteiger partial charge in [0.15, 0.2) is 0 Å². The van der Waals surface area contributed by atoms with Gasteiger partial charge in [-0.05, 0) is 24.6 Å². The van der Waals surface area contributed by atoms with E-state index in [4.69, 9.17) is 16.9 Å². The molecule has 20 heavy (non-hydrogen) atoms. The van der Waals surface area contributed by atoms with E-state index >= 15 is 0 Å². The molecule has 0 amide bonds. The molecular weight excluding hydrogens is 272 g/mol. The highest BCUT2D eigenvalue weighted by Crippen LogP contribution is 2.25. The van der Waals surface area contributed by atoms with Crippen LogP contribution >= 0.6 is 11.6 Å². The van der Waals surface area contributed by atoms with Crippen molar-refractivity contribution >= 4 is 17.3 Å². The van der Waals surface area contributed by atoms with E-state index in [-0.39, 0.29) is 6.04 Å². The van der Waals surface area contributed by atoms with Crippen molar-refractivity contribution in [1.29, 1.82) is 10.5 Å². The zero-order valence-electron chi connectivity index (χ0n) is 11.5. The molecule has 0 spiro atoms. The lowest BCUT2D eigenvalue weighted by Gasteiger charge is -2.38. The van der Waals surface area contributed by atoms with Crippen molar-refractivity contribution in [2.24, 2.45) is 0 Å². The first kappa shape index (κ1) is 14.7. The van der Waals surface area contributed by atoms with E-state index in [0.29, 0.717) is 10.6 Å². The summed E-state index contributed by atoms with van der Waals surface area (Å²) in [4.78, 5) is 4.40. The molecule has 1 heterocycles. The molecule has 2 rings (SSSR count). The number of rotatable bonds is 3. The van der Waals surface area contributed by atoms with E-state index in [1.807, 2.05) is 19.1 Å². The van der Waals surface area contributed by atoms with Crippen LogP contribution in [0.15, 0.2) is 18.2 Å². The van der Waals surface area contributed by atoms with E-state index in [1.54, 1.807) is 6.07 Å². The number of hydrogen-bond donors (Lipinski definition) is 0. The van der Waals surface area contributed by atoms with Gasteiger partial charge in [0.25, 0.3) is 0 Å². The average molecular weight is 289 g/mol. The molecule has 1 saturated heterocycles. The molecule has 1 aliphatic rings. The van der Waals surface area contributed by atoms with Crippen molar-refractivity contribution in [2.75, 3.05) is 31.1 Å². The van der Waals surface area contributed by atoms with Crippen LogP contribution in [0.25, 0.3) is 0 Å². The second-order valence-electron chi connectivity index (χ2n) is 4.85. The van der Waals surface area contributed by atoms with Crippen molar-refractivity contribution in [1.82, 2.24) is 4.90 Å². The Bertz CT molecular complexity index is 550. The smallest absolute Gasteiger partial charge is 0.101 e. The van der Waals surface area contributed by atoms with Crippen LogP contribution in [0.3, 0.4) is 0 Å². The largest absolute Gasteiger partial charge is 0.368 e. The van der Waals surface area contributed by atoms with Crippen LogP contribution < -0.4 is 4.90 Å². The minimum atomic E-state index is -0.00203. The van der Waals surface area contributed by atoms with Crippen LogP contribution in [0.2, 0.25) is 5.02 Å². The van der Waals surface area contributed by atoms with Gasteiger partial charge in [-0.3, -0.25) is 4.90 Å². The monoisotopic (exact) mass is 288 g/mol. The van der Waals surface area contributed by atoms with Crippen molar-refractivity contribution in [2.45, 2.75) is 19.4 Å². The molecule has 1 fully saturated rings. The molecule has 0 bridgehead atoms. The molecule has 1 atom stereocenters. The number of hydrogen-bond acceptors (Lipinski definition) is 4. The van der Waals surface area contributed by atoms with E-state index in [2.05, 4.69) is 21.9 Å². The molecule has 0 saturated carbocycles. The molecule has 0 N–H and O–H groups in total. The highest BCUT2D eigenvalue weighted by molar-refractivity contribution is 6.30. The van der Waals surface area contributed by atoms with Gasteiger partial charge in [-0.2, -0.15) is 10.5 Å². The molecule has 0 radical (unpaired) electrons. The van der Waals surface area contributed by atoms with Gasteiger partial charge in [0.2, 0.25) is 0 Å². The summed E-state index contributed by atoms with van der Waals surface area (Å²) in [5.41, 5.74) is 1.54. The van der Waals surface area contributed by atoms with Gasteiger partial charge in [-0.1, -0.05) is 18.5 Å². The molecule has 5 heteroatoms. The van der Waals surface area contributed by atoms with Gasteiger partial charge in [0, 0.05) is 31.2 Å². The zero-order chi connectivity index (χ0) is 14.5. The molecule has 0 aliphatic carbocycles. The van der Waals surface area contributed by atoms with Crippen LogP contribution in [-0.2, 0) is 0 Å². The Balaban J connectivity index is 2.08. The molecule has 0 aromatic heterocycles. The molecular formula is C15H17ClN4. The Hall–Kier alpha value is -1.75. The lowest BCUT2D eigenvalue weighted by atomic mass is 10.1. The maximum Gasteiger partial charge on any atom is 0.101 e. The summed E-state index contributed by atoms with van der Waals surface area (Å²) in [6, 6.07) is 9.96. The van der Waals surface area contributed by atoms with Crippen LogP contribution in [0.4, 0.5) is 5.69 Å². The quantitative estimate of drug-likeness (QED) is 0.858. The highest BCUT2D eigenvalue weighted by atomic mass is 35.5. The third kappa shape index (κ3) is 3.04. The third-order valence-electron chi connectivity index (χ3n) is 3.71. The lowest BCUT2D eigenvalue weighted by Crippen LogP contribution is -2.50. The first-order chi connectivity index (χ1) is 9.69. The topological polar surface area (TPSA) is 54.1 Å². The number of anilines is 1. The number of halogens is 1. The van der Waals surface area contributed by atoms with E-state index in [9.17, 15) is 5.26 Å². The SMILES string of the molecule is CCC(C#N)N1CCN(c2ccc(Cl)cc2C#N)CC1. The summed E-state index contributed by atoms with van der Waals surface area (Å²) in [7, 11) is 0. The van der Waals surface area contributed by atoms with Crippen LogP contribution in [0.1, 0.15) is 18.9 Å². The maximum atomic E-state index is 9.20. The number of benzene rings is 1. The first-order valence-corrected chi connectivity index (χ1v) is 7.15. The number of nitriles is 2. The fourth-order valence-corrected chi connectivity index (χ4v) is 2.75. The van der Waals surface area contributed by atoms with Gasteiger partial charge in [-0.25, -0.2) is 0 Å². The summed E-state index contributed by atoms with van der Waals surface area (Å²) in [6.45, 7) is 5.38. The molecule has 1 aromatic carbocycles. The second kappa shape index (κ2) is 6.61. The summed E-state index contributed by atoms with van der Waals surface area (Å²) < 4.78 is 0. The normalized spacial score (nSPS) is 17.3. The minimum absolute atomic E-state index is 0.00203. The maximum absolute atomic E-state index is 9.20. The van der Waals surface area contributed by atoms with Crippen LogP contribution in [0, 0.1) is 22.7 Å². The Kier molecular flexibility index (Phi) is 4.84. The molecule has 104 valence electrons. The Morgan fingerprint density at radius 1 is 1.25 bits per heavy atom. The average Bonchev–Trinajstić information content (AvgIpc) is 2.49. The van der Waals surface area contributed by atoms with Gasteiger partial charge in [-0.15, -0.1) is 0 Å². The Labute approximate surface area is 124 Å². The van der Waals surface area contributed by atoms with E-state index in [1.165, 1.54) is 0 Å². The molecule has 1 aliphatic heterocycles. The van der Waals surface area contributed by atoms with Crippen LogP contribution in [-0.4, -0.2) is 37.1 Å². The van der Waals surface area contributed by atoms with Crippen molar-refractivity contribution in [3.63, 3.8) is 0 Å². The van der Waals surface area contributed by atoms with Crippen molar-refractivity contribution in [3.05, 3.63) is 28.8 Å². The van der Waals surface area contributed by atoms with Gasteiger partial charge in [0.1, 0.15) is 6.07 Å². The second-order valence-corrected chi connectivity index (χ2v) is 5.29. The predicted molar refractivity (Wildman–Crippen MR) is 79.6 cm³/mol. The first-order valence-electron chi connectivity index (χ1n) is 6.77. The number of piperazine rings is 1. The molecule has 4 nitrogen and oxygen atoms in total. The van der Waals surface area contributed by atoms with Crippen molar-refractivity contribution < 1.29 is 0 Å². The third-order valence-corrected chi connectivity index (χ3v) is 3.95. The van der Waals surface area contributed by atoms with E-state index in [0.717, 1.165) is 38.3 Å². The fraction of sp³-hybridized carbons (Fsp3) is 0.467. The summed E-state index contributed by atoms with van der Waals surface area (Å²) >= 11 is 5.92. The standard InChI is InChI=1S/C15H17ClN4/c1-2-14(11-18)19-5-7-20(8-6-19)15-4-3-13(16)9-12(15)10-17/h3-4,9,14H,2,5-8H2,1H3. The Morgan fingerprint density at radius 2 is 1.95 bits per heavy atom. The fourth-order valence-electron chi connectivity index (χ4n) is 2.58. The summed E-state index contributed by atoms with van der Waals surface area (Å²) in [6.07, 6.45) is 0.848. The van der Waals surface area contributed by atoms with Gasteiger partial charge < -0.3 is 4.90 Å². The molecule has 1 aromatic rings. The van der Waals surface area contributed by atoms with Crippen molar-refractivity contribution in [3.8, 4) is 12.1 Å². The zero-order valence-corrected chi connectivity index (χ0v) is 12.3. The Morgan fingerprint density at radius 3 is 2.50 bits per heavy atom. The summed E-state index contributed by atoms with van der Waals surface area (Å²) in [5.74, 6) is 0. The van der Waals surface area contributed by atoms with Gasteiger partial charge >= 0.3 is 0 Å². The van der Waals surface area contributed by atoms with Crippen LogP contribution in [0.5, 0.6) is 0 Å². The summed E-state index contributed by atoms with van der Waals surface area (Å²) in [5, 5.41) is 18.9. The lowest BCUT2D eigenvalue weighted by molar-refractivity contribution is 0.216. The molecule has 1 unspecified atom stereocenters. The highest BCUT2D eigenvalue weighted by Gasteiger charge is 2.23. The number of nitrogens with zero attached hydrogens (tertiary/aromatic N) is 4. The predicted octanol–water partition coefficient (Wildman–Crippen LogP) is 2.64.